The van der Waals surface area contributed by atoms with Gasteiger partial charge in [-0.05, 0) is 25.7 Å². The lowest BCUT2D eigenvalue weighted by molar-refractivity contribution is -0.171. The molecule has 2 atom stereocenters. The number of aromatic amines is 1. The summed E-state index contributed by atoms with van der Waals surface area (Å²) in [5.41, 5.74) is -0.651. The van der Waals surface area contributed by atoms with Gasteiger partial charge in [0.15, 0.2) is 0 Å². The maximum atomic E-state index is 12.3. The number of H-pyrrole nitrogens is 1. The first kappa shape index (κ1) is 18.5. The fourth-order valence-electron chi connectivity index (χ4n) is 3.20. The van der Waals surface area contributed by atoms with Gasteiger partial charge in [0.2, 0.25) is 0 Å². The van der Waals surface area contributed by atoms with Crippen LogP contribution in [0.15, 0.2) is 11.0 Å². The zero-order chi connectivity index (χ0) is 18.5. The van der Waals surface area contributed by atoms with Crippen LogP contribution >= 0.6 is 0 Å². The van der Waals surface area contributed by atoms with E-state index in [2.05, 4.69) is 5.10 Å². The molecule has 2 saturated heterocycles. The lowest BCUT2D eigenvalue weighted by atomic mass is 10.2. The van der Waals surface area contributed by atoms with Crippen molar-refractivity contribution in [2.24, 2.45) is 0 Å². The lowest BCUT2D eigenvalue weighted by Crippen LogP contribution is -2.35. The van der Waals surface area contributed by atoms with Crippen LogP contribution in [0.5, 0.6) is 0 Å². The highest BCUT2D eigenvalue weighted by Gasteiger charge is 2.29. The summed E-state index contributed by atoms with van der Waals surface area (Å²) in [6.07, 6.45) is 5.90. The van der Waals surface area contributed by atoms with E-state index in [0.717, 1.165) is 31.8 Å². The second-order valence-electron chi connectivity index (χ2n) is 6.33. The average molecular weight is 366 g/mol. The molecule has 1 aromatic heterocycles. The molecule has 10 nitrogen and oxygen atoms in total. The Hall–Kier alpha value is -2.30. The molecule has 0 aliphatic carbocycles. The molecule has 3 rings (SSSR count). The Labute approximate surface area is 149 Å². The summed E-state index contributed by atoms with van der Waals surface area (Å²) in [6.45, 7) is 1.54. The fourth-order valence-corrected chi connectivity index (χ4v) is 3.20. The molecule has 1 aromatic rings. The molecule has 0 aromatic carbocycles. The quantitative estimate of drug-likeness (QED) is 0.613. The molecule has 2 aliphatic heterocycles. The third-order valence-corrected chi connectivity index (χ3v) is 4.64. The number of carbonyl (C=O) groups is 3. The van der Waals surface area contributed by atoms with Crippen molar-refractivity contribution < 1.29 is 24.1 Å². The number of nitrogens with zero attached hydrogens (tertiary/aromatic N) is 3. The van der Waals surface area contributed by atoms with Crippen LogP contribution in [0.25, 0.3) is 0 Å². The maximum Gasteiger partial charge on any atom is 0.364 e. The largest absolute Gasteiger partial charge is 0.364 e. The van der Waals surface area contributed by atoms with Gasteiger partial charge in [-0.2, -0.15) is 5.06 Å². The molecule has 1 N–H and O–H groups in total. The van der Waals surface area contributed by atoms with Crippen molar-refractivity contribution in [2.45, 2.75) is 44.3 Å². The summed E-state index contributed by atoms with van der Waals surface area (Å²) in [4.78, 5) is 57.0. The van der Waals surface area contributed by atoms with Crippen LogP contribution in [-0.4, -0.2) is 70.2 Å². The molecule has 10 heteroatoms. The van der Waals surface area contributed by atoms with E-state index < -0.39 is 17.6 Å². The van der Waals surface area contributed by atoms with E-state index in [1.165, 1.54) is 15.9 Å². The van der Waals surface area contributed by atoms with E-state index in [-0.39, 0.29) is 24.8 Å². The zero-order valence-electron chi connectivity index (χ0n) is 14.3. The predicted octanol–water partition coefficient (Wildman–Crippen LogP) is -0.494. The molecule has 26 heavy (non-hydrogen) atoms. The van der Waals surface area contributed by atoms with Crippen LogP contribution in [0, 0.1) is 0 Å². The normalized spacial score (nSPS) is 24.0. The molecule has 2 fully saturated rings. The Bertz CT molecular complexity index is 714. The summed E-state index contributed by atoms with van der Waals surface area (Å²) < 4.78 is 1.24. The number of aldehydes is 2. The Kier molecular flexibility index (Phi) is 5.96. The monoisotopic (exact) mass is 366 g/mol. The van der Waals surface area contributed by atoms with Gasteiger partial charge in [0.25, 0.3) is 5.56 Å². The van der Waals surface area contributed by atoms with Gasteiger partial charge >= 0.3 is 5.97 Å². The van der Waals surface area contributed by atoms with Gasteiger partial charge in [-0.15, -0.1) is 5.06 Å². The van der Waals surface area contributed by atoms with Crippen LogP contribution in [0.3, 0.4) is 0 Å². The molecule has 0 bridgehead atoms. The minimum absolute atomic E-state index is 0.131. The predicted molar refractivity (Wildman–Crippen MR) is 88.0 cm³/mol. The Morgan fingerprint density at radius 1 is 1.15 bits per heavy atom. The first-order valence-electron chi connectivity index (χ1n) is 8.71. The third-order valence-electron chi connectivity index (χ3n) is 4.64. The van der Waals surface area contributed by atoms with E-state index in [1.54, 1.807) is 5.06 Å². The van der Waals surface area contributed by atoms with Crippen LogP contribution in [0.4, 0.5) is 0 Å². The minimum Gasteiger partial charge on any atom is -0.363 e. The molecule has 142 valence electrons. The molecular weight excluding hydrogens is 344 g/mol. The van der Waals surface area contributed by atoms with Crippen LogP contribution in [0.1, 0.15) is 36.0 Å². The Morgan fingerprint density at radius 3 is 2.50 bits per heavy atom. The van der Waals surface area contributed by atoms with Gasteiger partial charge in [-0.3, -0.25) is 14.3 Å². The number of hydroxylamine groups is 4. The van der Waals surface area contributed by atoms with E-state index in [4.69, 9.17) is 9.68 Å². The van der Waals surface area contributed by atoms with E-state index in [0.29, 0.717) is 19.5 Å². The SMILES string of the molecule is O=C[C@@H]1CCCN1OCCn1[nH]cc(C(=O)ON2CCC[C@H]2C=O)c1=O. The highest BCUT2D eigenvalue weighted by molar-refractivity contribution is 5.88. The number of aromatic nitrogens is 2. The van der Waals surface area contributed by atoms with Gasteiger partial charge in [0.05, 0.1) is 19.2 Å². The van der Waals surface area contributed by atoms with Crippen molar-refractivity contribution in [3.05, 3.63) is 22.1 Å². The summed E-state index contributed by atoms with van der Waals surface area (Å²) in [7, 11) is 0. The van der Waals surface area contributed by atoms with Crippen molar-refractivity contribution in [3.63, 3.8) is 0 Å². The summed E-state index contributed by atoms with van der Waals surface area (Å²) in [5.74, 6) is -0.791. The number of hydrogen-bond donors (Lipinski definition) is 1. The third kappa shape index (κ3) is 3.92. The molecule has 2 aliphatic rings. The topological polar surface area (TPSA) is 114 Å². The number of hydrogen-bond acceptors (Lipinski definition) is 8. The molecular formula is C16H22N4O6. The smallest absolute Gasteiger partial charge is 0.363 e. The van der Waals surface area contributed by atoms with Gasteiger partial charge in [-0.25, -0.2) is 4.79 Å². The van der Waals surface area contributed by atoms with Crippen molar-refractivity contribution in [1.29, 1.82) is 0 Å². The standard InChI is InChI=1S/C16H22N4O6/c21-10-12-3-1-5-19(12)25-8-7-18-15(23)14(9-17-18)16(24)26-20-6-2-4-13(20)11-22/h9-13,17H,1-8H2/t12-,13-/m0/s1. The van der Waals surface area contributed by atoms with Crippen molar-refractivity contribution in [3.8, 4) is 0 Å². The Balaban J connectivity index is 1.54. The number of rotatable bonds is 8. The minimum atomic E-state index is -0.791. The van der Waals surface area contributed by atoms with Crippen molar-refractivity contribution >= 4 is 18.5 Å². The van der Waals surface area contributed by atoms with Gasteiger partial charge < -0.3 is 19.5 Å². The van der Waals surface area contributed by atoms with Gasteiger partial charge in [0, 0.05) is 19.3 Å². The molecule has 0 unspecified atom stereocenters. The van der Waals surface area contributed by atoms with Crippen LogP contribution < -0.4 is 5.56 Å². The molecule has 0 saturated carbocycles. The highest BCUT2D eigenvalue weighted by atomic mass is 16.7. The number of nitrogens with one attached hydrogen (secondary N) is 1. The fraction of sp³-hybridized carbons (Fsp3) is 0.625. The molecule has 0 amide bonds. The maximum absolute atomic E-state index is 12.3. The molecule has 3 heterocycles. The van der Waals surface area contributed by atoms with E-state index in [9.17, 15) is 19.2 Å². The van der Waals surface area contributed by atoms with Crippen LogP contribution in [0.2, 0.25) is 0 Å². The summed E-state index contributed by atoms with van der Waals surface area (Å²) in [5, 5.41) is 5.62. The first-order chi connectivity index (χ1) is 12.6. The zero-order valence-corrected chi connectivity index (χ0v) is 14.3. The van der Waals surface area contributed by atoms with Crippen molar-refractivity contribution in [1.82, 2.24) is 19.9 Å². The lowest BCUT2D eigenvalue weighted by Gasteiger charge is -2.19. The second kappa shape index (κ2) is 8.39. The van der Waals surface area contributed by atoms with E-state index >= 15 is 0 Å². The van der Waals surface area contributed by atoms with Crippen molar-refractivity contribution in [2.75, 3.05) is 19.7 Å². The van der Waals surface area contributed by atoms with E-state index in [1.807, 2.05) is 0 Å². The number of carbonyl (C=O) groups excluding carboxylic acids is 3. The second-order valence-corrected chi connectivity index (χ2v) is 6.33. The molecule has 0 spiro atoms. The van der Waals surface area contributed by atoms with Gasteiger partial charge in [0.1, 0.15) is 24.2 Å². The summed E-state index contributed by atoms with van der Waals surface area (Å²) in [6, 6.07) is -0.702. The highest BCUT2D eigenvalue weighted by Crippen LogP contribution is 2.17. The average Bonchev–Trinajstić information content (AvgIpc) is 3.35. The molecule has 0 radical (unpaired) electrons. The first-order valence-corrected chi connectivity index (χ1v) is 8.71. The Morgan fingerprint density at radius 2 is 1.81 bits per heavy atom. The van der Waals surface area contributed by atoms with Crippen LogP contribution in [-0.2, 0) is 25.8 Å². The summed E-state index contributed by atoms with van der Waals surface area (Å²) >= 11 is 0. The van der Waals surface area contributed by atoms with Gasteiger partial charge in [-0.1, -0.05) is 0 Å².